The molecular weight excluding hydrogens is 396 g/mol. The largest absolute Gasteiger partial charge is 0.489 e. The third-order valence-electron chi connectivity index (χ3n) is 4.42. The van der Waals surface area contributed by atoms with Gasteiger partial charge in [0.2, 0.25) is 0 Å². The van der Waals surface area contributed by atoms with Crippen molar-refractivity contribution in [1.29, 1.82) is 0 Å². The fourth-order valence-electron chi connectivity index (χ4n) is 2.88. The van der Waals surface area contributed by atoms with Crippen LogP contribution in [0.5, 0.6) is 5.75 Å². The van der Waals surface area contributed by atoms with E-state index in [2.05, 4.69) is 9.89 Å². The molecule has 28 heavy (non-hydrogen) atoms. The van der Waals surface area contributed by atoms with E-state index in [1.54, 1.807) is 0 Å². The van der Waals surface area contributed by atoms with Crippen LogP contribution in [0.1, 0.15) is 11.1 Å². The van der Waals surface area contributed by atoms with E-state index in [4.69, 9.17) is 21.1 Å². The molecule has 0 unspecified atom stereocenters. The van der Waals surface area contributed by atoms with Crippen LogP contribution < -0.4 is 4.74 Å². The molecule has 1 amide bonds. The van der Waals surface area contributed by atoms with Gasteiger partial charge in [-0.2, -0.15) is 4.99 Å². The predicted molar refractivity (Wildman–Crippen MR) is 113 cm³/mol. The monoisotopic (exact) mass is 414 g/mol. The van der Waals surface area contributed by atoms with Crippen LogP contribution in [-0.4, -0.2) is 42.3 Å². The summed E-state index contributed by atoms with van der Waals surface area (Å²) >= 11 is 7.57. The molecule has 4 rings (SSSR count). The van der Waals surface area contributed by atoms with Gasteiger partial charge >= 0.3 is 0 Å². The van der Waals surface area contributed by atoms with Gasteiger partial charge in [-0.05, 0) is 41.6 Å². The van der Waals surface area contributed by atoms with Crippen LogP contribution >= 0.6 is 23.4 Å². The number of aliphatic imine (C=N–C) groups is 1. The van der Waals surface area contributed by atoms with Crippen molar-refractivity contribution >= 4 is 40.5 Å². The SMILES string of the molecule is O=C1N=C(N2CCOCC2)SC1=Cc1ccc(OCc2ccccc2Cl)cc1. The van der Waals surface area contributed by atoms with Gasteiger partial charge < -0.3 is 14.4 Å². The van der Waals surface area contributed by atoms with Crippen molar-refractivity contribution in [2.45, 2.75) is 6.61 Å². The summed E-state index contributed by atoms with van der Waals surface area (Å²) in [7, 11) is 0. The molecule has 0 bridgehead atoms. The Morgan fingerprint density at radius 2 is 1.89 bits per heavy atom. The molecule has 0 spiro atoms. The van der Waals surface area contributed by atoms with Gasteiger partial charge in [0.25, 0.3) is 5.91 Å². The molecule has 5 nitrogen and oxygen atoms in total. The van der Waals surface area contributed by atoms with E-state index in [1.165, 1.54) is 11.8 Å². The summed E-state index contributed by atoms with van der Waals surface area (Å²) in [6.07, 6.45) is 1.86. The number of benzene rings is 2. The van der Waals surface area contributed by atoms with Crippen molar-refractivity contribution in [3.63, 3.8) is 0 Å². The normalized spacial score (nSPS) is 18.5. The Bertz CT molecular complexity index is 922. The van der Waals surface area contributed by atoms with Crippen LogP contribution in [0.25, 0.3) is 6.08 Å². The number of morpholine rings is 1. The van der Waals surface area contributed by atoms with E-state index in [9.17, 15) is 4.79 Å². The second-order valence-corrected chi connectivity index (χ2v) is 7.78. The number of ether oxygens (including phenoxy) is 2. The quantitative estimate of drug-likeness (QED) is 0.701. The van der Waals surface area contributed by atoms with Crippen LogP contribution in [0.15, 0.2) is 58.4 Å². The third-order valence-corrected chi connectivity index (χ3v) is 5.83. The summed E-state index contributed by atoms with van der Waals surface area (Å²) in [6, 6.07) is 15.2. The Labute approximate surface area is 173 Å². The summed E-state index contributed by atoms with van der Waals surface area (Å²) < 4.78 is 11.1. The molecule has 0 atom stereocenters. The van der Waals surface area contributed by atoms with Gasteiger partial charge in [-0.25, -0.2) is 0 Å². The van der Waals surface area contributed by atoms with E-state index in [1.807, 2.05) is 54.6 Å². The molecule has 0 saturated carbocycles. The van der Waals surface area contributed by atoms with Crippen LogP contribution in [0.2, 0.25) is 5.02 Å². The Morgan fingerprint density at radius 1 is 1.14 bits per heavy atom. The van der Waals surface area contributed by atoms with Gasteiger partial charge in [0.1, 0.15) is 12.4 Å². The first kappa shape index (κ1) is 19.1. The molecular formula is C21H19ClN2O3S. The van der Waals surface area contributed by atoms with Crippen LogP contribution in [0.3, 0.4) is 0 Å². The number of carbonyl (C=O) groups is 1. The van der Waals surface area contributed by atoms with Crippen molar-refractivity contribution in [1.82, 2.24) is 4.90 Å². The number of nitrogens with zero attached hydrogens (tertiary/aromatic N) is 2. The molecule has 144 valence electrons. The summed E-state index contributed by atoms with van der Waals surface area (Å²) in [5, 5.41) is 1.45. The van der Waals surface area contributed by atoms with Crippen molar-refractivity contribution in [3.8, 4) is 5.75 Å². The molecule has 0 radical (unpaired) electrons. The molecule has 7 heteroatoms. The minimum absolute atomic E-state index is 0.189. The lowest BCUT2D eigenvalue weighted by molar-refractivity contribution is -0.113. The number of halogens is 1. The van der Waals surface area contributed by atoms with Crippen molar-refractivity contribution in [3.05, 3.63) is 69.6 Å². The minimum atomic E-state index is -0.189. The van der Waals surface area contributed by atoms with Gasteiger partial charge in [-0.3, -0.25) is 4.79 Å². The van der Waals surface area contributed by atoms with E-state index >= 15 is 0 Å². The van der Waals surface area contributed by atoms with Gasteiger partial charge in [-0.1, -0.05) is 41.9 Å². The summed E-state index contributed by atoms with van der Waals surface area (Å²) in [5.74, 6) is 0.559. The van der Waals surface area contributed by atoms with Crippen LogP contribution in [0, 0.1) is 0 Å². The van der Waals surface area contributed by atoms with Crippen molar-refractivity contribution in [2.75, 3.05) is 26.3 Å². The highest BCUT2D eigenvalue weighted by atomic mass is 35.5. The number of amidine groups is 1. The Morgan fingerprint density at radius 3 is 2.64 bits per heavy atom. The zero-order valence-electron chi connectivity index (χ0n) is 15.1. The lowest BCUT2D eigenvalue weighted by Gasteiger charge is -2.27. The molecule has 2 aromatic rings. The van der Waals surface area contributed by atoms with Crippen LogP contribution in [0.4, 0.5) is 0 Å². The molecule has 0 aromatic heterocycles. The molecule has 2 aliphatic rings. The lowest BCUT2D eigenvalue weighted by Crippen LogP contribution is -2.38. The highest BCUT2D eigenvalue weighted by Crippen LogP contribution is 2.31. The van der Waals surface area contributed by atoms with Gasteiger partial charge in [-0.15, -0.1) is 0 Å². The van der Waals surface area contributed by atoms with Gasteiger partial charge in [0.05, 0.1) is 18.1 Å². The second kappa shape index (κ2) is 8.82. The Hall–Kier alpha value is -2.28. The smallest absolute Gasteiger partial charge is 0.286 e. The Balaban J connectivity index is 1.37. The maximum absolute atomic E-state index is 12.2. The highest BCUT2D eigenvalue weighted by molar-refractivity contribution is 8.18. The molecule has 1 fully saturated rings. The Kier molecular flexibility index (Phi) is 6.00. The average molecular weight is 415 g/mol. The summed E-state index contributed by atoms with van der Waals surface area (Å²) in [4.78, 5) is 19.1. The maximum Gasteiger partial charge on any atom is 0.286 e. The van der Waals surface area contributed by atoms with Gasteiger partial charge in [0, 0.05) is 23.7 Å². The van der Waals surface area contributed by atoms with Crippen molar-refractivity contribution in [2.24, 2.45) is 4.99 Å². The molecule has 1 saturated heterocycles. The molecule has 0 N–H and O–H groups in total. The standard InChI is InChI=1S/C21H19ClN2O3S/c22-18-4-2-1-3-16(18)14-27-17-7-5-15(6-8-17)13-19-20(25)23-21(28-19)24-9-11-26-12-10-24/h1-8,13H,9-12,14H2. The maximum atomic E-state index is 12.2. The van der Waals surface area contributed by atoms with Crippen molar-refractivity contribution < 1.29 is 14.3 Å². The fourth-order valence-corrected chi connectivity index (χ4v) is 4.03. The average Bonchev–Trinajstić information content (AvgIpc) is 3.09. The number of amides is 1. The van der Waals surface area contributed by atoms with Gasteiger partial charge in [0.15, 0.2) is 5.17 Å². The van der Waals surface area contributed by atoms with Crippen LogP contribution in [-0.2, 0) is 16.1 Å². The highest BCUT2D eigenvalue weighted by Gasteiger charge is 2.27. The second-order valence-electron chi connectivity index (χ2n) is 6.36. The number of hydrogen-bond acceptors (Lipinski definition) is 5. The number of hydrogen-bond donors (Lipinski definition) is 0. The molecule has 0 aliphatic carbocycles. The zero-order valence-corrected chi connectivity index (χ0v) is 16.7. The number of carbonyl (C=O) groups excluding carboxylic acids is 1. The van der Waals surface area contributed by atoms with E-state index in [0.717, 1.165) is 35.1 Å². The van der Waals surface area contributed by atoms with E-state index in [-0.39, 0.29) is 5.91 Å². The number of thioether (sulfide) groups is 1. The molecule has 2 aliphatic heterocycles. The summed E-state index contributed by atoms with van der Waals surface area (Å²) in [6.45, 7) is 3.28. The molecule has 2 aromatic carbocycles. The lowest BCUT2D eigenvalue weighted by atomic mass is 10.2. The summed E-state index contributed by atoms with van der Waals surface area (Å²) in [5.41, 5.74) is 1.87. The molecule has 2 heterocycles. The first-order valence-electron chi connectivity index (χ1n) is 9.00. The first-order chi connectivity index (χ1) is 13.7. The fraction of sp³-hybridized carbons (Fsp3) is 0.238. The predicted octanol–water partition coefficient (Wildman–Crippen LogP) is 4.22. The van der Waals surface area contributed by atoms with E-state index in [0.29, 0.717) is 29.7 Å². The first-order valence-corrected chi connectivity index (χ1v) is 10.2. The number of rotatable bonds is 4. The zero-order chi connectivity index (χ0) is 19.3. The third kappa shape index (κ3) is 4.58. The van der Waals surface area contributed by atoms with E-state index < -0.39 is 0 Å². The topological polar surface area (TPSA) is 51.1 Å². The minimum Gasteiger partial charge on any atom is -0.489 e.